The van der Waals surface area contributed by atoms with Crippen LogP contribution in [0.1, 0.15) is 33.4 Å². The van der Waals surface area contributed by atoms with Gasteiger partial charge in [0, 0.05) is 5.54 Å². The maximum atomic E-state index is 6.74. The van der Waals surface area contributed by atoms with E-state index in [2.05, 4.69) is 76.3 Å². The molecule has 0 aliphatic heterocycles. The van der Waals surface area contributed by atoms with Crippen LogP contribution in [0.15, 0.2) is 36.4 Å². The highest BCUT2D eigenvalue weighted by Gasteiger charge is 2.34. The number of hydrogen-bond acceptors (Lipinski definition) is 0. The fourth-order valence-electron chi connectivity index (χ4n) is 3.59. The monoisotopic (exact) mass is 326 g/mol. The van der Waals surface area contributed by atoms with Crippen molar-refractivity contribution in [3.05, 3.63) is 64.2 Å². The minimum absolute atomic E-state index is 0.412. The van der Waals surface area contributed by atoms with E-state index in [1.165, 1.54) is 38.9 Å². The van der Waals surface area contributed by atoms with E-state index in [-0.39, 0.29) is 0 Å². The van der Waals surface area contributed by atoms with Gasteiger partial charge >= 0.3 is 0 Å². The van der Waals surface area contributed by atoms with Gasteiger partial charge in [-0.05, 0) is 48.6 Å². The second-order valence-electron chi connectivity index (χ2n) is 7.04. The summed E-state index contributed by atoms with van der Waals surface area (Å²) < 4.78 is 0. The highest BCUT2D eigenvalue weighted by Crippen LogP contribution is 2.43. The van der Waals surface area contributed by atoms with Gasteiger partial charge in [-0.3, -0.25) is 0 Å². The van der Waals surface area contributed by atoms with Crippen molar-refractivity contribution in [2.45, 2.75) is 39.4 Å². The highest BCUT2D eigenvalue weighted by atomic mass is 35.6. The zero-order chi connectivity index (χ0) is 16.1. The Morgan fingerprint density at radius 2 is 1.59 bits per heavy atom. The maximum absolute atomic E-state index is 6.74. The third kappa shape index (κ3) is 2.68. The first kappa shape index (κ1) is 15.6. The third-order valence-electron chi connectivity index (χ3n) is 4.53. The van der Waals surface area contributed by atoms with Gasteiger partial charge < -0.3 is 0 Å². The molecule has 0 spiro atoms. The Bertz CT molecular complexity index is 746. The molecule has 3 rings (SSSR count). The number of hydrogen-bond donors (Lipinski definition) is 0. The number of rotatable bonds is 2. The predicted octanol–water partition coefficient (Wildman–Crippen LogP) is 6.37. The van der Waals surface area contributed by atoms with E-state index in [9.17, 15) is 0 Å². The van der Waals surface area contributed by atoms with Crippen molar-refractivity contribution in [2.24, 2.45) is 0 Å². The zero-order valence-corrected chi connectivity index (χ0v) is 15.8. The second-order valence-corrected chi connectivity index (χ2v) is 13.7. The van der Waals surface area contributed by atoms with Crippen LogP contribution in [0.4, 0.5) is 0 Å². The van der Waals surface area contributed by atoms with E-state index < -0.39 is 7.38 Å². The van der Waals surface area contributed by atoms with Crippen LogP contribution in [0.2, 0.25) is 13.1 Å². The van der Waals surface area contributed by atoms with Gasteiger partial charge in [0.1, 0.15) is 0 Å². The highest BCUT2D eigenvalue weighted by molar-refractivity contribution is 7.20. The summed E-state index contributed by atoms with van der Waals surface area (Å²) in [7, 11) is -1.75. The molecule has 2 aromatic carbocycles. The van der Waals surface area contributed by atoms with Gasteiger partial charge in [0.15, 0.2) is 7.38 Å². The normalized spacial score (nSPS) is 16.9. The van der Waals surface area contributed by atoms with Crippen LogP contribution in [0.25, 0.3) is 17.2 Å². The predicted molar refractivity (Wildman–Crippen MR) is 101 cm³/mol. The van der Waals surface area contributed by atoms with Gasteiger partial charge in [-0.1, -0.05) is 66.7 Å². The Morgan fingerprint density at radius 3 is 2.18 bits per heavy atom. The first-order valence-corrected chi connectivity index (χ1v) is 12.0. The van der Waals surface area contributed by atoms with Crippen molar-refractivity contribution in [2.75, 3.05) is 0 Å². The third-order valence-corrected chi connectivity index (χ3v) is 7.22. The van der Waals surface area contributed by atoms with Crippen molar-refractivity contribution in [1.82, 2.24) is 0 Å². The molecule has 0 saturated heterocycles. The van der Waals surface area contributed by atoms with Crippen molar-refractivity contribution >= 4 is 24.5 Å². The van der Waals surface area contributed by atoms with E-state index >= 15 is 0 Å². The average Bonchev–Trinajstić information content (AvgIpc) is 2.80. The molecule has 114 valence electrons. The molecule has 2 heteroatoms. The molecule has 0 heterocycles. The Morgan fingerprint density at radius 1 is 0.955 bits per heavy atom. The van der Waals surface area contributed by atoms with Crippen LogP contribution >= 0.6 is 11.1 Å². The number of fused-ring (bicyclic) bond motifs is 1. The molecule has 0 bridgehead atoms. The molecule has 0 aromatic heterocycles. The van der Waals surface area contributed by atoms with Gasteiger partial charge in [-0.2, -0.15) is 11.1 Å². The average molecular weight is 327 g/mol. The largest absolute Gasteiger partial charge is 0.167 e. The molecular weight excluding hydrogens is 304 g/mol. The second kappa shape index (κ2) is 5.40. The molecule has 1 aliphatic rings. The molecule has 0 nitrogen and oxygen atoms in total. The number of halogens is 1. The lowest BCUT2D eigenvalue weighted by Gasteiger charge is -2.23. The smallest absolute Gasteiger partial charge is 0.161 e. The van der Waals surface area contributed by atoms with Crippen LogP contribution in [0.3, 0.4) is 0 Å². The molecule has 1 aliphatic carbocycles. The first-order chi connectivity index (χ1) is 10.3. The van der Waals surface area contributed by atoms with Gasteiger partial charge in [-0.15, -0.1) is 0 Å². The SMILES string of the molecule is Cc1cc(C)cc(-c2c(C)ccc3c2C=CC3[Si](C)(C)Cl)c1. The number of benzene rings is 2. The first-order valence-electron chi connectivity index (χ1n) is 7.86. The molecule has 1 atom stereocenters. The lowest BCUT2D eigenvalue weighted by atomic mass is 9.91. The number of allylic oxidation sites excluding steroid dienone is 1. The van der Waals surface area contributed by atoms with Crippen molar-refractivity contribution in [3.63, 3.8) is 0 Å². The summed E-state index contributed by atoms with van der Waals surface area (Å²) in [5.41, 5.74) is 9.86. The van der Waals surface area contributed by atoms with Gasteiger partial charge in [0.2, 0.25) is 0 Å². The Balaban J connectivity index is 2.23. The van der Waals surface area contributed by atoms with E-state index in [4.69, 9.17) is 11.1 Å². The van der Waals surface area contributed by atoms with E-state index in [1.807, 2.05) is 0 Å². The molecule has 0 fully saturated rings. The van der Waals surface area contributed by atoms with E-state index in [1.54, 1.807) is 0 Å². The molecule has 22 heavy (non-hydrogen) atoms. The lowest BCUT2D eigenvalue weighted by molar-refractivity contribution is 1.18. The summed E-state index contributed by atoms with van der Waals surface area (Å²) in [6.07, 6.45) is 4.60. The fraction of sp³-hybridized carbons (Fsp3) is 0.300. The molecule has 0 amide bonds. The van der Waals surface area contributed by atoms with Crippen LogP contribution < -0.4 is 0 Å². The summed E-state index contributed by atoms with van der Waals surface area (Å²) in [5, 5.41) is 0. The molecule has 2 aromatic rings. The minimum atomic E-state index is -1.75. The van der Waals surface area contributed by atoms with Crippen LogP contribution in [-0.2, 0) is 0 Å². The summed E-state index contributed by atoms with van der Waals surface area (Å²) in [4.78, 5) is 0. The van der Waals surface area contributed by atoms with Crippen molar-refractivity contribution in [3.8, 4) is 11.1 Å². The fourth-order valence-corrected chi connectivity index (χ4v) is 5.71. The Hall–Kier alpha value is -1.31. The quantitative estimate of drug-likeness (QED) is 0.444. The number of aryl methyl sites for hydroxylation is 3. The summed E-state index contributed by atoms with van der Waals surface area (Å²) >= 11 is 6.74. The standard InChI is InChI=1S/C20H23ClSi/c1-13-10-14(2)12-16(11-13)20-15(3)6-7-17-18(20)8-9-19(17)22(4,5)21/h6-12,19H,1-5H3. The summed E-state index contributed by atoms with van der Waals surface area (Å²) in [6.45, 7) is 11.0. The van der Waals surface area contributed by atoms with E-state index in [0.717, 1.165) is 0 Å². The molecule has 0 N–H and O–H groups in total. The van der Waals surface area contributed by atoms with Gasteiger partial charge in [-0.25, -0.2) is 0 Å². The molecular formula is C20H23ClSi. The van der Waals surface area contributed by atoms with Gasteiger partial charge in [0.05, 0.1) is 0 Å². The van der Waals surface area contributed by atoms with Crippen LogP contribution in [0, 0.1) is 20.8 Å². The molecule has 0 radical (unpaired) electrons. The van der Waals surface area contributed by atoms with E-state index in [0.29, 0.717) is 5.54 Å². The Kier molecular flexibility index (Phi) is 3.82. The van der Waals surface area contributed by atoms with Crippen LogP contribution in [-0.4, -0.2) is 7.38 Å². The molecule has 0 saturated carbocycles. The Labute approximate surface area is 139 Å². The lowest BCUT2D eigenvalue weighted by Crippen LogP contribution is -2.26. The zero-order valence-electron chi connectivity index (χ0n) is 14.0. The van der Waals surface area contributed by atoms with Crippen molar-refractivity contribution in [1.29, 1.82) is 0 Å². The minimum Gasteiger partial charge on any atom is -0.167 e. The van der Waals surface area contributed by atoms with Crippen LogP contribution in [0.5, 0.6) is 0 Å². The van der Waals surface area contributed by atoms with Crippen molar-refractivity contribution < 1.29 is 0 Å². The summed E-state index contributed by atoms with van der Waals surface area (Å²) in [5.74, 6) is 0. The maximum Gasteiger partial charge on any atom is 0.161 e. The topological polar surface area (TPSA) is 0 Å². The molecule has 1 unspecified atom stereocenters. The summed E-state index contributed by atoms with van der Waals surface area (Å²) in [6, 6.07) is 11.3. The van der Waals surface area contributed by atoms with Gasteiger partial charge in [0.25, 0.3) is 0 Å².